The minimum Gasteiger partial charge on any atom is -0.352 e. The molecule has 0 unspecified atom stereocenters. The van der Waals surface area contributed by atoms with Gasteiger partial charge in [0, 0.05) is 17.4 Å². The lowest BCUT2D eigenvalue weighted by atomic mass is 10.1. The molecule has 1 aliphatic rings. The summed E-state index contributed by atoms with van der Waals surface area (Å²) in [7, 11) is 0. The Labute approximate surface area is 169 Å². The van der Waals surface area contributed by atoms with Gasteiger partial charge in [0.2, 0.25) is 5.91 Å². The number of halogens is 1. The van der Waals surface area contributed by atoms with Crippen LogP contribution in [-0.2, 0) is 4.79 Å². The number of rotatable bonds is 5. The highest BCUT2D eigenvalue weighted by atomic mass is 32.2. The molecule has 1 N–H and O–H groups in total. The summed E-state index contributed by atoms with van der Waals surface area (Å²) >= 11 is 1.53. The first-order valence-corrected chi connectivity index (χ1v) is 10.5. The molecular formula is C22H25FN2O2S. The van der Waals surface area contributed by atoms with Crippen LogP contribution in [0.2, 0.25) is 0 Å². The molecule has 0 saturated carbocycles. The van der Waals surface area contributed by atoms with Gasteiger partial charge in [-0.15, -0.1) is 11.8 Å². The van der Waals surface area contributed by atoms with Crippen molar-refractivity contribution in [3.8, 4) is 0 Å². The summed E-state index contributed by atoms with van der Waals surface area (Å²) in [5.74, 6) is -0.160. The summed E-state index contributed by atoms with van der Waals surface area (Å²) < 4.78 is 13.4. The van der Waals surface area contributed by atoms with Crippen LogP contribution < -0.4 is 5.32 Å². The number of aryl methyl sites for hydroxylation is 1. The highest BCUT2D eigenvalue weighted by molar-refractivity contribution is 7.99. The lowest BCUT2D eigenvalue weighted by molar-refractivity contribution is -0.125. The first-order chi connectivity index (χ1) is 13.4. The number of nitrogens with zero attached hydrogens (tertiary/aromatic N) is 1. The fourth-order valence-corrected chi connectivity index (χ4v) is 4.56. The van der Waals surface area contributed by atoms with Crippen LogP contribution in [-0.4, -0.2) is 34.6 Å². The third-order valence-electron chi connectivity index (χ3n) is 4.99. The number of amides is 2. The molecule has 0 aliphatic carbocycles. The highest BCUT2D eigenvalue weighted by Gasteiger charge is 2.42. The number of carbonyl (C=O) groups is 2. The van der Waals surface area contributed by atoms with E-state index < -0.39 is 6.04 Å². The van der Waals surface area contributed by atoms with E-state index in [1.54, 1.807) is 29.2 Å². The van der Waals surface area contributed by atoms with E-state index in [1.165, 1.54) is 23.9 Å². The van der Waals surface area contributed by atoms with Crippen molar-refractivity contribution < 1.29 is 14.0 Å². The van der Waals surface area contributed by atoms with Gasteiger partial charge in [0.1, 0.15) is 17.2 Å². The molecule has 3 atom stereocenters. The van der Waals surface area contributed by atoms with E-state index in [4.69, 9.17) is 0 Å². The predicted molar refractivity (Wildman–Crippen MR) is 111 cm³/mol. The van der Waals surface area contributed by atoms with Gasteiger partial charge in [0.15, 0.2) is 0 Å². The van der Waals surface area contributed by atoms with Crippen molar-refractivity contribution in [1.82, 2.24) is 10.2 Å². The molecule has 148 valence electrons. The molecule has 1 heterocycles. The van der Waals surface area contributed by atoms with E-state index in [2.05, 4.69) is 5.32 Å². The molecule has 0 radical (unpaired) electrons. The number of carbonyl (C=O) groups excluding carboxylic acids is 2. The second-order valence-corrected chi connectivity index (χ2v) is 8.26. The zero-order valence-corrected chi connectivity index (χ0v) is 17.1. The van der Waals surface area contributed by atoms with Crippen LogP contribution in [0.15, 0.2) is 48.5 Å². The van der Waals surface area contributed by atoms with E-state index in [1.807, 2.05) is 32.9 Å². The molecular weight excluding hydrogens is 375 g/mol. The summed E-state index contributed by atoms with van der Waals surface area (Å²) in [6, 6.07) is 12.9. The number of hydrogen-bond donors (Lipinski definition) is 1. The van der Waals surface area contributed by atoms with Gasteiger partial charge in [-0.05, 0) is 50.1 Å². The van der Waals surface area contributed by atoms with Crippen molar-refractivity contribution in [2.45, 2.75) is 44.6 Å². The zero-order chi connectivity index (χ0) is 20.3. The fraction of sp³-hybridized carbons (Fsp3) is 0.364. The number of hydrogen-bond acceptors (Lipinski definition) is 3. The molecule has 4 nitrogen and oxygen atoms in total. The quantitative estimate of drug-likeness (QED) is 0.814. The van der Waals surface area contributed by atoms with Crippen molar-refractivity contribution in [2.75, 3.05) is 5.75 Å². The molecule has 1 fully saturated rings. The van der Waals surface area contributed by atoms with Crippen LogP contribution in [0.4, 0.5) is 4.39 Å². The minimum absolute atomic E-state index is 0.0405. The van der Waals surface area contributed by atoms with Crippen molar-refractivity contribution in [3.05, 3.63) is 71.0 Å². The Balaban J connectivity index is 1.93. The summed E-state index contributed by atoms with van der Waals surface area (Å²) in [6.45, 7) is 5.91. The lowest BCUT2D eigenvalue weighted by Gasteiger charge is -2.30. The molecule has 0 aromatic heterocycles. The average Bonchev–Trinajstić information content (AvgIpc) is 3.13. The number of nitrogens with one attached hydrogen (secondary N) is 1. The van der Waals surface area contributed by atoms with Crippen LogP contribution in [0, 0.1) is 12.7 Å². The summed E-state index contributed by atoms with van der Waals surface area (Å²) in [6.07, 6.45) is 0.818. The Morgan fingerprint density at radius 2 is 1.82 bits per heavy atom. The van der Waals surface area contributed by atoms with Gasteiger partial charge in [0.05, 0.1) is 0 Å². The van der Waals surface area contributed by atoms with Gasteiger partial charge >= 0.3 is 0 Å². The second-order valence-electron chi connectivity index (χ2n) is 7.15. The minimum atomic E-state index is -0.567. The molecule has 0 spiro atoms. The van der Waals surface area contributed by atoms with Crippen LogP contribution in [0.5, 0.6) is 0 Å². The van der Waals surface area contributed by atoms with Crippen LogP contribution in [0.1, 0.15) is 47.1 Å². The number of benzene rings is 2. The normalized spacial score (nSPS) is 20.1. The van der Waals surface area contributed by atoms with Gasteiger partial charge in [-0.2, -0.15) is 0 Å². The van der Waals surface area contributed by atoms with Gasteiger partial charge in [-0.3, -0.25) is 9.59 Å². The van der Waals surface area contributed by atoms with Gasteiger partial charge in [-0.1, -0.05) is 36.8 Å². The van der Waals surface area contributed by atoms with Gasteiger partial charge in [-0.25, -0.2) is 4.39 Å². The molecule has 2 aromatic rings. The van der Waals surface area contributed by atoms with E-state index in [9.17, 15) is 14.0 Å². The molecule has 6 heteroatoms. The van der Waals surface area contributed by atoms with Crippen molar-refractivity contribution in [3.63, 3.8) is 0 Å². The third-order valence-corrected chi connectivity index (χ3v) is 6.32. The molecule has 2 amide bonds. The molecule has 28 heavy (non-hydrogen) atoms. The predicted octanol–water partition coefficient (Wildman–Crippen LogP) is 4.31. The Hall–Kier alpha value is -2.34. The van der Waals surface area contributed by atoms with Crippen molar-refractivity contribution in [1.29, 1.82) is 0 Å². The van der Waals surface area contributed by atoms with E-state index in [-0.39, 0.29) is 29.0 Å². The standard InChI is InChI=1S/C22H25FN2O2S/c1-4-15(3)24-20(26)19-13-28-22(17-9-11-18(23)12-10-17)25(19)21(27)16-7-5-14(2)6-8-16/h5-12,15,19,22H,4,13H2,1-3H3,(H,24,26)/t15-,19-,22+/m0/s1. The van der Waals surface area contributed by atoms with Crippen LogP contribution in [0.25, 0.3) is 0 Å². The SMILES string of the molecule is CC[C@H](C)NC(=O)[C@@H]1CS[C@H](c2ccc(F)cc2)N1C(=O)c1ccc(C)cc1. The smallest absolute Gasteiger partial charge is 0.255 e. The Morgan fingerprint density at radius 3 is 2.43 bits per heavy atom. The molecule has 1 aliphatic heterocycles. The van der Waals surface area contributed by atoms with Gasteiger partial charge < -0.3 is 10.2 Å². The molecule has 3 rings (SSSR count). The Bertz CT molecular complexity index is 839. The van der Waals surface area contributed by atoms with E-state index >= 15 is 0 Å². The summed E-state index contributed by atoms with van der Waals surface area (Å²) in [5.41, 5.74) is 2.42. The molecule has 2 aromatic carbocycles. The monoisotopic (exact) mass is 400 g/mol. The van der Waals surface area contributed by atoms with Gasteiger partial charge in [0.25, 0.3) is 5.91 Å². The highest BCUT2D eigenvalue weighted by Crippen LogP contribution is 2.42. The average molecular weight is 401 g/mol. The number of thioether (sulfide) groups is 1. The largest absolute Gasteiger partial charge is 0.352 e. The summed E-state index contributed by atoms with van der Waals surface area (Å²) in [4.78, 5) is 27.8. The van der Waals surface area contributed by atoms with Crippen LogP contribution in [0.3, 0.4) is 0 Å². The first-order valence-electron chi connectivity index (χ1n) is 9.47. The van der Waals surface area contributed by atoms with Crippen LogP contribution >= 0.6 is 11.8 Å². The van der Waals surface area contributed by atoms with Crippen molar-refractivity contribution >= 4 is 23.6 Å². The first kappa shape index (κ1) is 20.4. The second kappa shape index (κ2) is 8.78. The third kappa shape index (κ3) is 4.38. The Kier molecular flexibility index (Phi) is 6.39. The van der Waals surface area contributed by atoms with E-state index in [0.717, 1.165) is 17.5 Å². The molecule has 0 bridgehead atoms. The lowest BCUT2D eigenvalue weighted by Crippen LogP contribution is -2.49. The topological polar surface area (TPSA) is 49.4 Å². The molecule has 1 saturated heterocycles. The maximum Gasteiger partial charge on any atom is 0.255 e. The summed E-state index contributed by atoms with van der Waals surface area (Å²) in [5, 5.41) is 2.66. The maximum absolute atomic E-state index is 13.4. The van der Waals surface area contributed by atoms with Crippen molar-refractivity contribution in [2.24, 2.45) is 0 Å². The zero-order valence-electron chi connectivity index (χ0n) is 16.3. The Morgan fingerprint density at radius 1 is 1.18 bits per heavy atom. The fourth-order valence-electron chi connectivity index (χ4n) is 3.13. The maximum atomic E-state index is 13.4. The van der Waals surface area contributed by atoms with E-state index in [0.29, 0.717) is 11.3 Å².